The van der Waals surface area contributed by atoms with Gasteiger partial charge in [-0.3, -0.25) is 9.69 Å². The zero-order valence-electron chi connectivity index (χ0n) is 19.8. The van der Waals surface area contributed by atoms with E-state index in [1.165, 1.54) is 50.9 Å². The molecule has 0 radical (unpaired) electrons. The SMILES string of the molecule is CN(C)CCN(C(=O)c1ccc(S(=O)(=O)N2CCCC2)cc1)c1nc2c(S(C)(=O)=O)cccc2s1. The van der Waals surface area contributed by atoms with Gasteiger partial charge in [0.1, 0.15) is 5.52 Å². The summed E-state index contributed by atoms with van der Waals surface area (Å²) in [7, 11) is -3.29. The fraction of sp³-hybridized carbons (Fsp3) is 0.391. The summed E-state index contributed by atoms with van der Waals surface area (Å²) in [5, 5.41) is 0.386. The van der Waals surface area contributed by atoms with Crippen LogP contribution in [0.5, 0.6) is 0 Å². The highest BCUT2D eigenvalue weighted by molar-refractivity contribution is 7.91. The van der Waals surface area contributed by atoms with Gasteiger partial charge in [-0.15, -0.1) is 0 Å². The smallest absolute Gasteiger partial charge is 0.260 e. The van der Waals surface area contributed by atoms with Crippen molar-refractivity contribution in [1.82, 2.24) is 14.2 Å². The van der Waals surface area contributed by atoms with E-state index in [0.29, 0.717) is 47.1 Å². The molecular formula is C23H28N4O5S3. The number of rotatable bonds is 8. The van der Waals surface area contributed by atoms with Gasteiger partial charge in [-0.1, -0.05) is 17.4 Å². The standard InChI is InChI=1S/C23H28N4O5S3/c1-25(2)15-16-27(23-24-21-19(33-23)7-6-8-20(21)34(3,29)30)22(28)17-9-11-18(12-10-17)35(31,32)26-13-4-5-14-26/h6-12H,4-5,13-16H2,1-3H3. The lowest BCUT2D eigenvalue weighted by molar-refractivity contribution is 0.0985. The molecule has 12 heteroatoms. The first-order chi connectivity index (χ1) is 16.5. The summed E-state index contributed by atoms with van der Waals surface area (Å²) in [6, 6.07) is 10.9. The Kier molecular flexibility index (Phi) is 7.30. The second kappa shape index (κ2) is 9.94. The van der Waals surface area contributed by atoms with Crippen LogP contribution in [0.4, 0.5) is 5.13 Å². The van der Waals surface area contributed by atoms with Crippen molar-refractivity contribution < 1.29 is 21.6 Å². The summed E-state index contributed by atoms with van der Waals surface area (Å²) in [5.41, 5.74) is 0.663. The molecular weight excluding hydrogens is 508 g/mol. The van der Waals surface area contributed by atoms with E-state index in [0.717, 1.165) is 19.1 Å². The summed E-state index contributed by atoms with van der Waals surface area (Å²) in [4.78, 5) is 21.8. The first-order valence-corrected chi connectivity index (χ1v) is 15.3. The Hall–Kier alpha value is -2.38. The van der Waals surface area contributed by atoms with Crippen molar-refractivity contribution in [2.75, 3.05) is 51.4 Å². The van der Waals surface area contributed by atoms with Gasteiger partial charge in [0.2, 0.25) is 10.0 Å². The first-order valence-electron chi connectivity index (χ1n) is 11.1. The Bertz CT molecular complexity index is 1440. The largest absolute Gasteiger partial charge is 0.308 e. The number of amides is 1. The number of aromatic nitrogens is 1. The molecule has 2 heterocycles. The van der Waals surface area contributed by atoms with Crippen LogP contribution in [0, 0.1) is 0 Å². The predicted octanol–water partition coefficient (Wildman–Crippen LogP) is 2.69. The molecule has 4 rings (SSSR count). The Morgan fingerprint density at radius 2 is 1.66 bits per heavy atom. The van der Waals surface area contributed by atoms with Crippen molar-refractivity contribution in [1.29, 1.82) is 0 Å². The molecule has 0 spiro atoms. The topological polar surface area (TPSA) is 108 Å². The van der Waals surface area contributed by atoms with Crippen LogP contribution in [-0.2, 0) is 19.9 Å². The van der Waals surface area contributed by atoms with E-state index in [-0.39, 0.29) is 15.7 Å². The fourth-order valence-electron chi connectivity index (χ4n) is 3.91. The molecule has 3 aromatic rings. The number of thiazole rings is 1. The monoisotopic (exact) mass is 536 g/mol. The van der Waals surface area contributed by atoms with Gasteiger partial charge in [0, 0.05) is 38.0 Å². The van der Waals surface area contributed by atoms with Crippen LogP contribution in [0.1, 0.15) is 23.2 Å². The highest BCUT2D eigenvalue weighted by atomic mass is 32.2. The molecule has 1 aromatic heterocycles. The van der Waals surface area contributed by atoms with Crippen molar-refractivity contribution >= 4 is 52.5 Å². The lowest BCUT2D eigenvalue weighted by Crippen LogP contribution is -2.36. The third-order valence-electron chi connectivity index (χ3n) is 5.82. The van der Waals surface area contributed by atoms with Crippen LogP contribution in [0.2, 0.25) is 0 Å². The average Bonchev–Trinajstić information content (AvgIpc) is 3.48. The first kappa shape index (κ1) is 25.7. The van der Waals surface area contributed by atoms with Gasteiger partial charge in [-0.25, -0.2) is 21.8 Å². The minimum absolute atomic E-state index is 0.119. The Balaban J connectivity index is 1.69. The Labute approximate surface area is 210 Å². The maximum Gasteiger partial charge on any atom is 0.260 e. The lowest BCUT2D eigenvalue weighted by Gasteiger charge is -2.22. The van der Waals surface area contributed by atoms with Crippen molar-refractivity contribution in [2.45, 2.75) is 22.6 Å². The fourth-order valence-corrected chi connectivity index (χ4v) is 7.34. The van der Waals surface area contributed by atoms with Crippen LogP contribution in [0.15, 0.2) is 52.3 Å². The van der Waals surface area contributed by atoms with Crippen molar-refractivity contribution in [3.63, 3.8) is 0 Å². The minimum atomic E-state index is -3.58. The molecule has 35 heavy (non-hydrogen) atoms. The van der Waals surface area contributed by atoms with Gasteiger partial charge < -0.3 is 4.90 Å². The molecule has 0 aliphatic carbocycles. The number of sulfonamides is 1. The highest BCUT2D eigenvalue weighted by Gasteiger charge is 2.28. The summed E-state index contributed by atoms with van der Waals surface area (Å²) in [6.07, 6.45) is 2.83. The van der Waals surface area contributed by atoms with Gasteiger partial charge in [-0.05, 0) is 63.3 Å². The van der Waals surface area contributed by atoms with E-state index < -0.39 is 19.9 Å². The van der Waals surface area contributed by atoms with Gasteiger partial charge in [0.25, 0.3) is 5.91 Å². The van der Waals surface area contributed by atoms with Gasteiger partial charge in [0.15, 0.2) is 15.0 Å². The maximum atomic E-state index is 13.5. The van der Waals surface area contributed by atoms with E-state index in [1.807, 2.05) is 19.0 Å². The molecule has 1 aliphatic rings. The number of nitrogens with zero attached hydrogens (tertiary/aromatic N) is 4. The molecule has 0 saturated carbocycles. The third kappa shape index (κ3) is 5.41. The highest BCUT2D eigenvalue weighted by Crippen LogP contribution is 2.33. The normalized spacial score (nSPS) is 15.2. The molecule has 1 saturated heterocycles. The zero-order valence-corrected chi connectivity index (χ0v) is 22.3. The van der Waals surface area contributed by atoms with E-state index in [4.69, 9.17) is 0 Å². The Morgan fingerprint density at radius 1 is 1.00 bits per heavy atom. The van der Waals surface area contributed by atoms with E-state index in [2.05, 4.69) is 4.98 Å². The van der Waals surface area contributed by atoms with Crippen LogP contribution in [0.25, 0.3) is 10.2 Å². The molecule has 1 amide bonds. The number of hydrogen-bond donors (Lipinski definition) is 0. The average molecular weight is 537 g/mol. The Morgan fingerprint density at radius 3 is 2.26 bits per heavy atom. The zero-order chi connectivity index (χ0) is 25.4. The van der Waals surface area contributed by atoms with Crippen LogP contribution in [0.3, 0.4) is 0 Å². The van der Waals surface area contributed by atoms with Gasteiger partial charge >= 0.3 is 0 Å². The van der Waals surface area contributed by atoms with Crippen LogP contribution < -0.4 is 4.90 Å². The van der Waals surface area contributed by atoms with Crippen LogP contribution in [-0.4, -0.2) is 83.5 Å². The second-order valence-electron chi connectivity index (χ2n) is 8.77. The number of para-hydroxylation sites is 1. The summed E-state index contributed by atoms with van der Waals surface area (Å²) in [6.45, 7) is 1.90. The van der Waals surface area contributed by atoms with Crippen molar-refractivity contribution in [3.05, 3.63) is 48.0 Å². The summed E-state index contributed by atoms with van der Waals surface area (Å²) >= 11 is 1.24. The summed E-state index contributed by atoms with van der Waals surface area (Å²) < 4.78 is 52.2. The minimum Gasteiger partial charge on any atom is -0.308 e. The second-order valence-corrected chi connectivity index (χ2v) is 13.7. The summed E-state index contributed by atoms with van der Waals surface area (Å²) in [5.74, 6) is -0.336. The molecule has 1 fully saturated rings. The molecule has 0 unspecified atom stereocenters. The molecule has 2 aromatic carbocycles. The number of sulfone groups is 1. The molecule has 0 N–H and O–H groups in total. The predicted molar refractivity (Wildman–Crippen MR) is 137 cm³/mol. The van der Waals surface area contributed by atoms with E-state index in [9.17, 15) is 21.6 Å². The van der Waals surface area contributed by atoms with Gasteiger partial charge in [0.05, 0.1) is 14.5 Å². The maximum absolute atomic E-state index is 13.5. The number of carbonyl (C=O) groups excluding carboxylic acids is 1. The third-order valence-corrected chi connectivity index (χ3v) is 9.91. The lowest BCUT2D eigenvalue weighted by atomic mass is 10.2. The molecule has 188 valence electrons. The molecule has 1 aliphatic heterocycles. The molecule has 0 atom stereocenters. The van der Waals surface area contributed by atoms with Crippen LogP contribution >= 0.6 is 11.3 Å². The number of fused-ring (bicyclic) bond motifs is 1. The van der Waals surface area contributed by atoms with Gasteiger partial charge in [-0.2, -0.15) is 4.31 Å². The number of likely N-dealkylation sites (N-methyl/N-ethyl adjacent to an activating group) is 1. The number of benzene rings is 2. The van der Waals surface area contributed by atoms with Crippen molar-refractivity contribution in [3.8, 4) is 0 Å². The number of anilines is 1. The van der Waals surface area contributed by atoms with Crippen molar-refractivity contribution in [2.24, 2.45) is 0 Å². The van der Waals surface area contributed by atoms with E-state index >= 15 is 0 Å². The van der Waals surface area contributed by atoms with E-state index in [1.54, 1.807) is 12.1 Å². The number of carbonyl (C=O) groups is 1. The molecule has 9 nitrogen and oxygen atoms in total. The quantitative estimate of drug-likeness (QED) is 0.436. The molecule has 0 bridgehead atoms. The number of hydrogen-bond acceptors (Lipinski definition) is 8.